The molecule has 1 aliphatic carbocycles. The maximum absolute atomic E-state index is 12.6. The van der Waals surface area contributed by atoms with Gasteiger partial charge in [-0.1, -0.05) is 39.2 Å². The Balaban J connectivity index is 1.55. The van der Waals surface area contributed by atoms with Crippen molar-refractivity contribution in [2.24, 2.45) is 11.8 Å². The lowest BCUT2D eigenvalue weighted by molar-refractivity contribution is -0.120. The van der Waals surface area contributed by atoms with Crippen molar-refractivity contribution in [1.82, 2.24) is 5.32 Å². The second-order valence-corrected chi connectivity index (χ2v) is 9.93. The lowest BCUT2D eigenvalue weighted by Gasteiger charge is -2.21. The van der Waals surface area contributed by atoms with Crippen LogP contribution in [0.25, 0.3) is 0 Å². The van der Waals surface area contributed by atoms with Crippen molar-refractivity contribution >= 4 is 56.4 Å². The van der Waals surface area contributed by atoms with Crippen LogP contribution in [0, 0.1) is 11.8 Å². The molecule has 2 aromatic rings. The van der Waals surface area contributed by atoms with Crippen LogP contribution in [0.4, 0.5) is 11.4 Å². The molecule has 0 heterocycles. The fourth-order valence-electron chi connectivity index (χ4n) is 3.64. The number of rotatable bonds is 7. The Morgan fingerprint density at radius 3 is 2.42 bits per heavy atom. The van der Waals surface area contributed by atoms with Crippen LogP contribution < -0.4 is 20.7 Å². The van der Waals surface area contributed by atoms with E-state index in [0.717, 1.165) is 25.7 Å². The highest BCUT2D eigenvalue weighted by molar-refractivity contribution is 9.10. The van der Waals surface area contributed by atoms with Crippen LogP contribution in [0.15, 0.2) is 46.9 Å². The van der Waals surface area contributed by atoms with E-state index in [9.17, 15) is 9.59 Å². The highest BCUT2D eigenvalue weighted by atomic mass is 79.9. The summed E-state index contributed by atoms with van der Waals surface area (Å²) in [4.78, 5) is 25.1. The number of halogens is 1. The summed E-state index contributed by atoms with van der Waals surface area (Å²) in [6.07, 6.45) is 5.32. The second kappa shape index (κ2) is 12.1. The minimum atomic E-state index is -0.328. The molecule has 0 atom stereocenters. The average Bonchev–Trinajstić information content (AvgIpc) is 2.78. The minimum absolute atomic E-state index is 0.0640. The summed E-state index contributed by atoms with van der Waals surface area (Å²) < 4.78 is 6.43. The molecule has 0 aliphatic heterocycles. The van der Waals surface area contributed by atoms with Gasteiger partial charge in [0.05, 0.1) is 11.1 Å². The minimum Gasteiger partial charge on any atom is -0.492 e. The highest BCUT2D eigenvalue weighted by Gasteiger charge is 2.21. The molecule has 0 aromatic heterocycles. The highest BCUT2D eigenvalue weighted by Crippen LogP contribution is 2.27. The Labute approximate surface area is 209 Å². The molecule has 1 aliphatic rings. The number of carbonyl (C=O) groups is 2. The molecule has 2 amide bonds. The largest absolute Gasteiger partial charge is 0.492 e. The van der Waals surface area contributed by atoms with Gasteiger partial charge >= 0.3 is 0 Å². The lowest BCUT2D eigenvalue weighted by atomic mass is 9.88. The first-order chi connectivity index (χ1) is 15.8. The Hall–Kier alpha value is -2.45. The van der Waals surface area contributed by atoms with Gasteiger partial charge in [0, 0.05) is 22.9 Å². The number of hydrogen-bond donors (Lipinski definition) is 3. The Bertz CT molecular complexity index is 1010. The average molecular weight is 533 g/mol. The van der Waals surface area contributed by atoms with Crippen LogP contribution >= 0.6 is 28.1 Å². The van der Waals surface area contributed by atoms with E-state index in [4.69, 9.17) is 17.0 Å². The molecular formula is C25H30BrN3O3S. The van der Waals surface area contributed by atoms with Crippen LogP contribution in [0.2, 0.25) is 0 Å². The van der Waals surface area contributed by atoms with Gasteiger partial charge in [0.2, 0.25) is 5.91 Å². The summed E-state index contributed by atoms with van der Waals surface area (Å²) in [5, 5.41) is 8.86. The fraction of sp³-hybridized carbons (Fsp3) is 0.400. The van der Waals surface area contributed by atoms with E-state index in [1.54, 1.807) is 24.3 Å². The predicted molar refractivity (Wildman–Crippen MR) is 140 cm³/mol. The van der Waals surface area contributed by atoms with Gasteiger partial charge in [0.25, 0.3) is 5.91 Å². The third-order valence-corrected chi connectivity index (χ3v) is 6.18. The van der Waals surface area contributed by atoms with Crippen molar-refractivity contribution in [1.29, 1.82) is 0 Å². The summed E-state index contributed by atoms with van der Waals surface area (Å²) in [6.45, 7) is 4.74. The van der Waals surface area contributed by atoms with Gasteiger partial charge in [0.1, 0.15) is 5.75 Å². The van der Waals surface area contributed by atoms with Crippen LogP contribution in [-0.4, -0.2) is 23.5 Å². The van der Waals surface area contributed by atoms with Gasteiger partial charge in [-0.05, 0) is 83.3 Å². The molecular weight excluding hydrogens is 502 g/mol. The zero-order valence-electron chi connectivity index (χ0n) is 18.9. The summed E-state index contributed by atoms with van der Waals surface area (Å²) >= 11 is 8.76. The molecule has 3 N–H and O–H groups in total. The van der Waals surface area contributed by atoms with Gasteiger partial charge in [-0.15, -0.1) is 0 Å². The fourth-order valence-corrected chi connectivity index (χ4v) is 4.34. The van der Waals surface area contributed by atoms with Crippen molar-refractivity contribution < 1.29 is 14.3 Å². The maximum atomic E-state index is 12.6. The van der Waals surface area contributed by atoms with E-state index in [1.165, 1.54) is 6.42 Å². The van der Waals surface area contributed by atoms with E-state index in [0.29, 0.717) is 39.7 Å². The molecule has 0 radical (unpaired) electrons. The number of hydrogen-bond acceptors (Lipinski definition) is 4. The molecule has 0 unspecified atom stereocenters. The zero-order chi connectivity index (χ0) is 23.8. The van der Waals surface area contributed by atoms with Gasteiger partial charge in [-0.3, -0.25) is 14.9 Å². The Morgan fingerprint density at radius 2 is 1.76 bits per heavy atom. The van der Waals surface area contributed by atoms with E-state index >= 15 is 0 Å². The Morgan fingerprint density at radius 1 is 1.06 bits per heavy atom. The summed E-state index contributed by atoms with van der Waals surface area (Å²) in [5.41, 5.74) is 1.84. The van der Waals surface area contributed by atoms with E-state index < -0.39 is 0 Å². The number of ether oxygens (including phenoxy) is 1. The molecule has 0 bridgehead atoms. The first-order valence-corrected chi connectivity index (χ1v) is 12.5. The quantitative estimate of drug-likeness (QED) is 0.374. The molecule has 6 nitrogen and oxygen atoms in total. The summed E-state index contributed by atoms with van der Waals surface area (Å²) in [7, 11) is 0. The van der Waals surface area contributed by atoms with Crippen LogP contribution in [-0.2, 0) is 4.79 Å². The molecule has 8 heteroatoms. The normalized spacial score (nSPS) is 13.9. The van der Waals surface area contributed by atoms with Crippen molar-refractivity contribution in [2.45, 2.75) is 46.0 Å². The van der Waals surface area contributed by atoms with Crippen molar-refractivity contribution in [3.63, 3.8) is 0 Å². The number of anilines is 2. The van der Waals surface area contributed by atoms with Crippen molar-refractivity contribution in [3.8, 4) is 5.75 Å². The summed E-state index contributed by atoms with van der Waals surface area (Å²) in [6, 6.07) is 12.5. The lowest BCUT2D eigenvalue weighted by Crippen LogP contribution is -2.34. The molecule has 176 valence electrons. The molecule has 1 fully saturated rings. The molecule has 0 saturated heterocycles. The molecule has 0 spiro atoms. The van der Waals surface area contributed by atoms with Crippen molar-refractivity contribution in [3.05, 3.63) is 52.5 Å². The van der Waals surface area contributed by atoms with Crippen LogP contribution in [0.1, 0.15) is 56.3 Å². The van der Waals surface area contributed by atoms with Crippen LogP contribution in [0.3, 0.4) is 0 Å². The van der Waals surface area contributed by atoms with Gasteiger partial charge in [-0.25, -0.2) is 0 Å². The number of thiocarbonyl (C=S) groups is 1. The molecule has 33 heavy (non-hydrogen) atoms. The monoisotopic (exact) mass is 531 g/mol. The van der Waals surface area contributed by atoms with Gasteiger partial charge < -0.3 is 15.4 Å². The molecule has 1 saturated carbocycles. The van der Waals surface area contributed by atoms with Crippen molar-refractivity contribution in [2.75, 3.05) is 17.2 Å². The van der Waals surface area contributed by atoms with E-state index in [2.05, 4.69) is 45.7 Å². The maximum Gasteiger partial charge on any atom is 0.257 e. The first kappa shape index (κ1) is 25.2. The number of carbonyl (C=O) groups excluding carboxylic acids is 2. The van der Waals surface area contributed by atoms with Crippen LogP contribution in [0.5, 0.6) is 5.75 Å². The smallest absolute Gasteiger partial charge is 0.257 e. The predicted octanol–water partition coefficient (Wildman–Crippen LogP) is 6.13. The third-order valence-electron chi connectivity index (χ3n) is 5.36. The molecule has 3 rings (SSSR count). The number of benzene rings is 2. The second-order valence-electron chi connectivity index (χ2n) is 8.66. The molecule has 2 aromatic carbocycles. The third kappa shape index (κ3) is 7.82. The van der Waals surface area contributed by atoms with Gasteiger partial charge in [-0.2, -0.15) is 0 Å². The van der Waals surface area contributed by atoms with Gasteiger partial charge in [0.15, 0.2) is 5.11 Å². The summed E-state index contributed by atoms with van der Waals surface area (Å²) in [5.74, 6) is 0.909. The topological polar surface area (TPSA) is 79.5 Å². The van der Waals surface area contributed by atoms with E-state index in [-0.39, 0.29) is 22.8 Å². The Kier molecular flexibility index (Phi) is 9.26. The number of amides is 2. The zero-order valence-corrected chi connectivity index (χ0v) is 21.4. The van der Waals surface area contributed by atoms with E-state index in [1.807, 2.05) is 18.2 Å². The standard InChI is InChI=1S/C25H30BrN3O3S/c1-16(2)15-32-22-12-11-18(13-21(22)26)24(31)29-25(33)28-20-10-6-9-19(14-20)27-23(30)17-7-4-3-5-8-17/h6,9-14,16-17H,3-5,7-8,15H2,1-2H3,(H,27,30)(H2,28,29,31,33). The first-order valence-electron chi connectivity index (χ1n) is 11.3. The SMILES string of the molecule is CC(C)COc1ccc(C(=O)NC(=S)Nc2cccc(NC(=O)C3CCCCC3)c2)cc1Br. The number of nitrogens with one attached hydrogen (secondary N) is 3.